The SMILES string of the molecule is C=CCC1(C(=O)O)CCCN(C(=O)Cn2ccnc2C)C1. The highest BCUT2D eigenvalue weighted by atomic mass is 16.4. The van der Waals surface area contributed by atoms with E-state index in [-0.39, 0.29) is 19.0 Å². The number of amides is 1. The molecule has 1 aliphatic rings. The van der Waals surface area contributed by atoms with Crippen molar-refractivity contribution in [2.75, 3.05) is 13.1 Å². The monoisotopic (exact) mass is 291 g/mol. The van der Waals surface area contributed by atoms with Gasteiger partial charge < -0.3 is 14.6 Å². The Morgan fingerprint density at radius 2 is 2.33 bits per heavy atom. The topological polar surface area (TPSA) is 75.4 Å². The zero-order valence-corrected chi connectivity index (χ0v) is 12.3. The first-order valence-electron chi connectivity index (χ1n) is 7.08. The van der Waals surface area contributed by atoms with Gasteiger partial charge in [0.05, 0.1) is 5.41 Å². The van der Waals surface area contributed by atoms with E-state index >= 15 is 0 Å². The third-order valence-electron chi connectivity index (χ3n) is 4.15. The first-order chi connectivity index (χ1) is 9.98. The van der Waals surface area contributed by atoms with Gasteiger partial charge in [0.15, 0.2) is 0 Å². The third-order valence-corrected chi connectivity index (χ3v) is 4.15. The van der Waals surface area contributed by atoms with E-state index in [2.05, 4.69) is 11.6 Å². The Labute approximate surface area is 124 Å². The lowest BCUT2D eigenvalue weighted by Crippen LogP contribution is -2.50. The Morgan fingerprint density at radius 3 is 2.90 bits per heavy atom. The number of nitrogens with zero attached hydrogens (tertiary/aromatic N) is 3. The highest BCUT2D eigenvalue weighted by Crippen LogP contribution is 2.34. The molecule has 1 saturated heterocycles. The molecule has 1 atom stereocenters. The highest BCUT2D eigenvalue weighted by Gasteiger charge is 2.42. The molecule has 1 aliphatic heterocycles. The summed E-state index contributed by atoms with van der Waals surface area (Å²) < 4.78 is 1.77. The molecule has 1 fully saturated rings. The van der Waals surface area contributed by atoms with Crippen molar-refractivity contribution in [1.82, 2.24) is 14.5 Å². The van der Waals surface area contributed by atoms with E-state index in [1.807, 2.05) is 6.92 Å². The predicted octanol–water partition coefficient (Wildman–Crippen LogP) is 1.46. The number of carbonyl (C=O) groups excluding carboxylic acids is 1. The van der Waals surface area contributed by atoms with Crippen LogP contribution >= 0.6 is 0 Å². The van der Waals surface area contributed by atoms with Crippen LogP contribution in [0.5, 0.6) is 0 Å². The van der Waals surface area contributed by atoms with Gasteiger partial charge in [-0.25, -0.2) is 4.98 Å². The number of rotatable bonds is 5. The number of carboxylic acids is 1. The number of likely N-dealkylation sites (tertiary alicyclic amines) is 1. The number of carboxylic acid groups (broad SMARTS) is 1. The van der Waals surface area contributed by atoms with Gasteiger partial charge in [-0.05, 0) is 26.2 Å². The molecule has 1 aromatic heterocycles. The molecule has 0 aliphatic carbocycles. The maximum absolute atomic E-state index is 12.4. The fraction of sp³-hybridized carbons (Fsp3) is 0.533. The van der Waals surface area contributed by atoms with E-state index in [0.717, 1.165) is 5.82 Å². The summed E-state index contributed by atoms with van der Waals surface area (Å²) in [6, 6.07) is 0. The second-order valence-corrected chi connectivity index (χ2v) is 5.60. The zero-order valence-electron chi connectivity index (χ0n) is 12.3. The Balaban J connectivity index is 2.09. The minimum Gasteiger partial charge on any atom is -0.481 e. The molecule has 0 radical (unpaired) electrons. The molecule has 21 heavy (non-hydrogen) atoms. The first-order valence-corrected chi connectivity index (χ1v) is 7.08. The number of aromatic nitrogens is 2. The van der Waals surface area contributed by atoms with Crippen LogP contribution in [-0.2, 0) is 16.1 Å². The van der Waals surface area contributed by atoms with Crippen LogP contribution in [0.25, 0.3) is 0 Å². The van der Waals surface area contributed by atoms with Crippen molar-refractivity contribution in [3.8, 4) is 0 Å². The Hall–Kier alpha value is -2.11. The van der Waals surface area contributed by atoms with Crippen molar-refractivity contribution in [2.24, 2.45) is 5.41 Å². The molecule has 0 aromatic carbocycles. The minimum absolute atomic E-state index is 0.0644. The molecule has 0 spiro atoms. The van der Waals surface area contributed by atoms with Gasteiger partial charge in [-0.2, -0.15) is 0 Å². The first kappa shape index (κ1) is 15.3. The second kappa shape index (κ2) is 6.11. The van der Waals surface area contributed by atoms with Gasteiger partial charge in [0.2, 0.25) is 5.91 Å². The maximum atomic E-state index is 12.4. The van der Waals surface area contributed by atoms with Crippen LogP contribution in [0.2, 0.25) is 0 Å². The second-order valence-electron chi connectivity index (χ2n) is 5.60. The van der Waals surface area contributed by atoms with E-state index in [0.29, 0.717) is 25.8 Å². The number of imidazole rings is 1. The third kappa shape index (κ3) is 3.15. The molecule has 1 unspecified atom stereocenters. The molecule has 1 aromatic rings. The van der Waals surface area contributed by atoms with Crippen molar-refractivity contribution in [3.05, 3.63) is 30.9 Å². The molecule has 2 heterocycles. The molecular formula is C15H21N3O3. The lowest BCUT2D eigenvalue weighted by atomic mass is 9.77. The number of aryl methyl sites for hydroxylation is 1. The summed E-state index contributed by atoms with van der Waals surface area (Å²) in [6.45, 7) is 6.55. The Bertz CT molecular complexity index is 552. The molecule has 0 saturated carbocycles. The molecule has 2 rings (SSSR count). The summed E-state index contributed by atoms with van der Waals surface area (Å²) in [7, 11) is 0. The van der Waals surface area contributed by atoms with Crippen LogP contribution in [0.15, 0.2) is 25.0 Å². The van der Waals surface area contributed by atoms with Gasteiger partial charge >= 0.3 is 5.97 Å². The van der Waals surface area contributed by atoms with Crippen LogP contribution in [-0.4, -0.2) is 44.5 Å². The summed E-state index contributed by atoms with van der Waals surface area (Å²) in [4.78, 5) is 29.7. The van der Waals surface area contributed by atoms with E-state index in [9.17, 15) is 14.7 Å². The molecule has 0 bridgehead atoms. The van der Waals surface area contributed by atoms with Gasteiger partial charge in [0.1, 0.15) is 12.4 Å². The van der Waals surface area contributed by atoms with Crippen molar-refractivity contribution < 1.29 is 14.7 Å². The fourth-order valence-corrected chi connectivity index (χ4v) is 2.87. The van der Waals surface area contributed by atoms with Crippen molar-refractivity contribution in [3.63, 3.8) is 0 Å². The summed E-state index contributed by atoms with van der Waals surface area (Å²) >= 11 is 0. The Morgan fingerprint density at radius 1 is 1.57 bits per heavy atom. The fourth-order valence-electron chi connectivity index (χ4n) is 2.87. The average molecular weight is 291 g/mol. The number of allylic oxidation sites excluding steroid dienone is 1. The normalized spacial score (nSPS) is 22.0. The zero-order chi connectivity index (χ0) is 15.5. The van der Waals surface area contributed by atoms with E-state index < -0.39 is 11.4 Å². The van der Waals surface area contributed by atoms with Crippen molar-refractivity contribution in [2.45, 2.75) is 32.7 Å². The smallest absolute Gasteiger partial charge is 0.311 e. The lowest BCUT2D eigenvalue weighted by Gasteiger charge is -2.39. The van der Waals surface area contributed by atoms with Crippen LogP contribution in [0.4, 0.5) is 0 Å². The van der Waals surface area contributed by atoms with Gasteiger partial charge in [0.25, 0.3) is 0 Å². The van der Waals surface area contributed by atoms with E-state index in [4.69, 9.17) is 0 Å². The van der Waals surface area contributed by atoms with Crippen molar-refractivity contribution >= 4 is 11.9 Å². The average Bonchev–Trinajstić information content (AvgIpc) is 2.84. The maximum Gasteiger partial charge on any atom is 0.311 e. The number of aliphatic carboxylic acids is 1. The van der Waals surface area contributed by atoms with Gasteiger partial charge in [-0.15, -0.1) is 6.58 Å². The summed E-state index contributed by atoms with van der Waals surface area (Å²) in [5, 5.41) is 9.52. The minimum atomic E-state index is -0.889. The molecule has 1 N–H and O–H groups in total. The van der Waals surface area contributed by atoms with Gasteiger partial charge in [-0.1, -0.05) is 6.08 Å². The number of hydrogen-bond acceptors (Lipinski definition) is 3. The molecule has 6 nitrogen and oxygen atoms in total. The summed E-state index contributed by atoms with van der Waals surface area (Å²) in [6.07, 6.45) is 6.71. The van der Waals surface area contributed by atoms with Gasteiger partial charge in [-0.3, -0.25) is 9.59 Å². The number of piperidine rings is 1. The van der Waals surface area contributed by atoms with E-state index in [1.165, 1.54) is 0 Å². The quantitative estimate of drug-likeness (QED) is 0.833. The summed E-state index contributed by atoms with van der Waals surface area (Å²) in [5.74, 6) is -0.139. The predicted molar refractivity (Wildman–Crippen MR) is 77.7 cm³/mol. The molecule has 1 amide bonds. The Kier molecular flexibility index (Phi) is 4.45. The molecule has 6 heteroatoms. The van der Waals surface area contributed by atoms with Crippen LogP contribution in [0, 0.1) is 12.3 Å². The van der Waals surface area contributed by atoms with Crippen LogP contribution < -0.4 is 0 Å². The standard InChI is InChI=1S/C15H21N3O3/c1-3-5-15(14(20)21)6-4-8-18(11-15)13(19)10-17-9-7-16-12(17)2/h3,7,9H,1,4-6,8,10-11H2,2H3,(H,20,21). The number of carbonyl (C=O) groups is 2. The molecule has 114 valence electrons. The lowest BCUT2D eigenvalue weighted by molar-refractivity contribution is -0.154. The van der Waals surface area contributed by atoms with Crippen LogP contribution in [0.1, 0.15) is 25.1 Å². The largest absolute Gasteiger partial charge is 0.481 e. The summed E-state index contributed by atoms with van der Waals surface area (Å²) in [5.41, 5.74) is -0.889. The van der Waals surface area contributed by atoms with Gasteiger partial charge in [0, 0.05) is 25.5 Å². The van der Waals surface area contributed by atoms with Crippen molar-refractivity contribution in [1.29, 1.82) is 0 Å². The highest BCUT2D eigenvalue weighted by molar-refractivity contribution is 5.79. The molecular weight excluding hydrogens is 270 g/mol. The van der Waals surface area contributed by atoms with E-state index in [1.54, 1.807) is 27.9 Å². The number of hydrogen-bond donors (Lipinski definition) is 1. The van der Waals surface area contributed by atoms with Crippen LogP contribution in [0.3, 0.4) is 0 Å².